The molecule has 29 heavy (non-hydrogen) atoms. The summed E-state index contributed by atoms with van der Waals surface area (Å²) in [4.78, 5) is 13.6. The zero-order valence-corrected chi connectivity index (χ0v) is 17.1. The van der Waals surface area contributed by atoms with Crippen molar-refractivity contribution in [2.75, 3.05) is 11.9 Å². The summed E-state index contributed by atoms with van der Waals surface area (Å²) >= 11 is 1.75. The van der Waals surface area contributed by atoms with Crippen LogP contribution in [-0.2, 0) is 12.8 Å². The van der Waals surface area contributed by atoms with Gasteiger partial charge in [0.15, 0.2) is 0 Å². The summed E-state index contributed by atoms with van der Waals surface area (Å²) in [5.74, 6) is 0.915. The molecule has 0 saturated carbocycles. The molecule has 0 fully saturated rings. The van der Waals surface area contributed by atoms with E-state index < -0.39 is 0 Å². The fraction of sp³-hybridized carbons (Fsp3) is 0.167. The number of H-pyrrole nitrogens is 1. The molecule has 5 aromatic rings. The Bertz CT molecular complexity index is 1280. The quantitative estimate of drug-likeness (QED) is 0.366. The van der Waals surface area contributed by atoms with E-state index in [0.717, 1.165) is 35.4 Å². The van der Waals surface area contributed by atoms with Gasteiger partial charge in [-0.1, -0.05) is 49.4 Å². The van der Waals surface area contributed by atoms with Crippen molar-refractivity contribution >= 4 is 38.3 Å². The summed E-state index contributed by atoms with van der Waals surface area (Å²) in [5, 5.41) is 4.81. The van der Waals surface area contributed by atoms with Gasteiger partial charge in [-0.15, -0.1) is 11.3 Å². The zero-order valence-electron chi connectivity index (χ0n) is 16.3. The Labute approximate surface area is 173 Å². The largest absolute Gasteiger partial charge is 0.368 e. The van der Waals surface area contributed by atoms with Crippen molar-refractivity contribution in [2.24, 2.45) is 0 Å². The van der Waals surface area contributed by atoms with E-state index in [-0.39, 0.29) is 0 Å². The molecule has 144 valence electrons. The predicted molar refractivity (Wildman–Crippen MR) is 123 cm³/mol. The lowest BCUT2D eigenvalue weighted by molar-refractivity contribution is 1.01. The fourth-order valence-corrected chi connectivity index (χ4v) is 4.79. The highest BCUT2D eigenvalue weighted by Crippen LogP contribution is 2.36. The van der Waals surface area contributed by atoms with Crippen molar-refractivity contribution in [3.8, 4) is 10.4 Å². The number of fused-ring (bicyclic) bond motifs is 2. The topological polar surface area (TPSA) is 53.6 Å². The maximum Gasteiger partial charge on any atom is 0.147 e. The van der Waals surface area contributed by atoms with Gasteiger partial charge in [0.1, 0.15) is 12.1 Å². The van der Waals surface area contributed by atoms with E-state index in [1.54, 1.807) is 17.7 Å². The predicted octanol–water partition coefficient (Wildman–Crippen LogP) is 6.06. The highest BCUT2D eigenvalue weighted by molar-refractivity contribution is 7.22. The fourth-order valence-electron chi connectivity index (χ4n) is 3.72. The molecular weight excluding hydrogens is 376 g/mol. The van der Waals surface area contributed by atoms with Gasteiger partial charge in [-0.25, -0.2) is 9.97 Å². The van der Waals surface area contributed by atoms with Crippen molar-refractivity contribution < 1.29 is 0 Å². The van der Waals surface area contributed by atoms with Crippen LogP contribution in [0.2, 0.25) is 0 Å². The molecule has 2 aromatic carbocycles. The number of aromatic nitrogens is 3. The molecule has 3 heterocycles. The van der Waals surface area contributed by atoms with Gasteiger partial charge in [0, 0.05) is 28.5 Å². The second-order valence-electron chi connectivity index (χ2n) is 7.14. The molecule has 0 atom stereocenters. The lowest BCUT2D eigenvalue weighted by Crippen LogP contribution is -2.06. The number of aromatic amines is 1. The number of nitrogens with zero attached hydrogens (tertiary/aromatic N) is 2. The normalized spacial score (nSPS) is 11.3. The molecular formula is C24H22N4S. The van der Waals surface area contributed by atoms with Crippen LogP contribution in [0.15, 0.2) is 67.1 Å². The van der Waals surface area contributed by atoms with Crippen molar-refractivity contribution in [2.45, 2.75) is 19.8 Å². The summed E-state index contributed by atoms with van der Waals surface area (Å²) in [6.45, 7) is 3.01. The molecule has 3 aromatic heterocycles. The van der Waals surface area contributed by atoms with Crippen LogP contribution < -0.4 is 5.32 Å². The molecule has 0 spiro atoms. The lowest BCUT2D eigenvalue weighted by Gasteiger charge is -2.05. The molecule has 4 nitrogen and oxygen atoms in total. The Balaban J connectivity index is 1.38. The van der Waals surface area contributed by atoms with E-state index >= 15 is 0 Å². The molecule has 0 amide bonds. The number of benzene rings is 2. The minimum Gasteiger partial charge on any atom is -0.368 e. The third-order valence-corrected chi connectivity index (χ3v) is 6.47. The molecule has 2 N–H and O–H groups in total. The minimum atomic E-state index is 0.826. The average molecular weight is 399 g/mol. The first-order valence-corrected chi connectivity index (χ1v) is 10.8. The molecule has 0 saturated heterocycles. The number of thiophene rings is 1. The first-order chi connectivity index (χ1) is 14.3. The number of hydrogen-bond donors (Lipinski definition) is 2. The molecule has 0 aliphatic heterocycles. The summed E-state index contributed by atoms with van der Waals surface area (Å²) in [5.41, 5.74) is 6.10. The second kappa shape index (κ2) is 7.68. The average Bonchev–Trinajstić information content (AvgIpc) is 3.39. The number of rotatable bonds is 6. The smallest absolute Gasteiger partial charge is 0.147 e. The van der Waals surface area contributed by atoms with E-state index in [0.29, 0.717) is 0 Å². The van der Waals surface area contributed by atoms with E-state index in [9.17, 15) is 0 Å². The Hall–Kier alpha value is -3.18. The molecule has 0 aliphatic rings. The number of para-hydroxylation sites is 1. The first-order valence-electron chi connectivity index (χ1n) is 9.94. The SMILES string of the molecule is CCc1cccc(-c2cc3ncnc(NCCc4c[nH]c5ccccc45)c3s2)c1. The maximum absolute atomic E-state index is 4.51. The van der Waals surface area contributed by atoms with E-state index in [1.165, 1.54) is 32.5 Å². The van der Waals surface area contributed by atoms with Gasteiger partial charge in [0.25, 0.3) is 0 Å². The van der Waals surface area contributed by atoms with Crippen LogP contribution in [0.4, 0.5) is 5.82 Å². The van der Waals surface area contributed by atoms with Crippen LogP contribution >= 0.6 is 11.3 Å². The van der Waals surface area contributed by atoms with Gasteiger partial charge in [-0.3, -0.25) is 0 Å². The van der Waals surface area contributed by atoms with Gasteiger partial charge in [-0.05, 0) is 41.7 Å². The summed E-state index contributed by atoms with van der Waals surface area (Å²) < 4.78 is 1.11. The molecule has 0 radical (unpaired) electrons. The summed E-state index contributed by atoms with van der Waals surface area (Å²) in [7, 11) is 0. The van der Waals surface area contributed by atoms with Crippen LogP contribution in [0.1, 0.15) is 18.1 Å². The van der Waals surface area contributed by atoms with Crippen molar-refractivity contribution in [1.82, 2.24) is 15.0 Å². The standard InChI is InChI=1S/C24H22N4S/c1-2-16-6-5-7-17(12-16)22-13-21-23(29-22)24(28-15-27-21)25-11-10-18-14-26-20-9-4-3-8-19(18)20/h3-9,12-15,26H,2,10-11H2,1H3,(H,25,27,28). The maximum atomic E-state index is 4.51. The molecule has 5 heteroatoms. The van der Waals surface area contributed by atoms with Crippen LogP contribution in [0.5, 0.6) is 0 Å². The van der Waals surface area contributed by atoms with E-state index in [2.05, 4.69) is 88.0 Å². The highest BCUT2D eigenvalue weighted by atomic mass is 32.1. The van der Waals surface area contributed by atoms with Crippen LogP contribution in [0.3, 0.4) is 0 Å². The van der Waals surface area contributed by atoms with Crippen LogP contribution in [0, 0.1) is 0 Å². The van der Waals surface area contributed by atoms with Crippen molar-refractivity contribution in [3.63, 3.8) is 0 Å². The van der Waals surface area contributed by atoms with Gasteiger partial charge < -0.3 is 10.3 Å². The Morgan fingerprint density at radius 1 is 1.03 bits per heavy atom. The minimum absolute atomic E-state index is 0.826. The molecule has 0 aliphatic carbocycles. The Morgan fingerprint density at radius 2 is 1.97 bits per heavy atom. The Kier molecular flexibility index (Phi) is 4.74. The Morgan fingerprint density at radius 3 is 2.90 bits per heavy atom. The first kappa shape index (κ1) is 17.9. The van der Waals surface area contributed by atoms with Crippen LogP contribution in [-0.4, -0.2) is 21.5 Å². The van der Waals surface area contributed by atoms with Gasteiger partial charge in [0.2, 0.25) is 0 Å². The second-order valence-corrected chi connectivity index (χ2v) is 8.19. The molecule has 0 bridgehead atoms. The molecule has 5 rings (SSSR count). The zero-order chi connectivity index (χ0) is 19.6. The summed E-state index contributed by atoms with van der Waals surface area (Å²) in [6.07, 6.45) is 5.73. The van der Waals surface area contributed by atoms with Crippen molar-refractivity contribution in [3.05, 3.63) is 78.2 Å². The van der Waals surface area contributed by atoms with Crippen LogP contribution in [0.25, 0.3) is 31.6 Å². The van der Waals surface area contributed by atoms with Gasteiger partial charge in [0.05, 0.1) is 10.2 Å². The molecule has 0 unspecified atom stereocenters. The number of nitrogens with one attached hydrogen (secondary N) is 2. The monoisotopic (exact) mass is 398 g/mol. The third-order valence-electron chi connectivity index (χ3n) is 5.29. The van der Waals surface area contributed by atoms with Gasteiger partial charge >= 0.3 is 0 Å². The van der Waals surface area contributed by atoms with Gasteiger partial charge in [-0.2, -0.15) is 0 Å². The number of aryl methyl sites for hydroxylation is 1. The lowest BCUT2D eigenvalue weighted by atomic mass is 10.1. The summed E-state index contributed by atoms with van der Waals surface area (Å²) in [6, 6.07) is 19.3. The number of hydrogen-bond acceptors (Lipinski definition) is 4. The van der Waals surface area contributed by atoms with E-state index in [4.69, 9.17) is 0 Å². The third kappa shape index (κ3) is 3.49. The highest BCUT2D eigenvalue weighted by Gasteiger charge is 2.11. The van der Waals surface area contributed by atoms with Crippen molar-refractivity contribution in [1.29, 1.82) is 0 Å². The van der Waals surface area contributed by atoms with E-state index in [1.807, 2.05) is 0 Å². The number of anilines is 1.